The maximum atomic E-state index is 14.3. The fourth-order valence-corrected chi connectivity index (χ4v) is 9.74. The number of nitrogens with one attached hydrogen (secondary N) is 1. The number of carboxylic acids is 1. The van der Waals surface area contributed by atoms with E-state index in [1.54, 1.807) is 40.8 Å². The average Bonchev–Trinajstić information content (AvgIpc) is 3.77. The molecular formula is C36H33ClFN5O3S2. The van der Waals surface area contributed by atoms with Crippen molar-refractivity contribution >= 4 is 62.3 Å². The summed E-state index contributed by atoms with van der Waals surface area (Å²) in [7, 11) is 1.80. The molecule has 8 rings (SSSR count). The first-order chi connectivity index (χ1) is 23.2. The maximum absolute atomic E-state index is 14.3. The third-order valence-electron chi connectivity index (χ3n) is 9.47. The fraction of sp³-hybridized carbons (Fsp3) is 0.306. The van der Waals surface area contributed by atoms with E-state index in [9.17, 15) is 14.3 Å². The van der Waals surface area contributed by atoms with E-state index in [1.165, 1.54) is 17.0 Å². The molecular weight excluding hydrogens is 669 g/mol. The lowest BCUT2D eigenvalue weighted by atomic mass is 9.96. The highest BCUT2D eigenvalue weighted by Gasteiger charge is 2.33. The Kier molecular flexibility index (Phi) is 7.98. The van der Waals surface area contributed by atoms with Crippen LogP contribution >= 0.6 is 34.7 Å². The van der Waals surface area contributed by atoms with Gasteiger partial charge in [0.05, 0.1) is 40.3 Å². The summed E-state index contributed by atoms with van der Waals surface area (Å²) in [5.41, 5.74) is 6.45. The van der Waals surface area contributed by atoms with Gasteiger partial charge in [-0.3, -0.25) is 4.68 Å². The summed E-state index contributed by atoms with van der Waals surface area (Å²) in [4.78, 5) is 19.9. The Morgan fingerprint density at radius 3 is 2.79 bits per heavy atom. The van der Waals surface area contributed by atoms with Crippen molar-refractivity contribution in [1.29, 1.82) is 0 Å². The number of thiazole rings is 1. The van der Waals surface area contributed by atoms with Crippen LogP contribution < -0.4 is 10.1 Å². The van der Waals surface area contributed by atoms with E-state index in [0.717, 1.165) is 84.1 Å². The van der Waals surface area contributed by atoms with Gasteiger partial charge in [-0.05, 0) is 80.5 Å². The number of hydrogen-bond acceptors (Lipinski definition) is 7. The van der Waals surface area contributed by atoms with Gasteiger partial charge in [0, 0.05) is 57.6 Å². The predicted molar refractivity (Wildman–Crippen MR) is 189 cm³/mol. The number of halogens is 2. The Balaban J connectivity index is 1.27. The molecule has 0 saturated heterocycles. The standard InChI is InChI=1S/C36H33ClFN5O3S2/c1-18-29-17-47-22-14-20-13-21(38)6-7-23(20)28(15-22)46-12-4-5-24-25-8-9-26(37)32(33(25)42(3)34(24)36(44)45)31-19(2)41-43-11-10-27(35(31)43)39-16-30(40-18)48-29/h6-9,13-15,27,39H,4-5,10-12,16-17H2,1-3H3,(H,44,45). The number of benzene rings is 3. The second-order valence-electron chi connectivity index (χ2n) is 12.4. The zero-order chi connectivity index (χ0) is 33.3. The highest BCUT2D eigenvalue weighted by molar-refractivity contribution is 7.98. The zero-order valence-corrected chi connectivity index (χ0v) is 29.1. The van der Waals surface area contributed by atoms with Crippen molar-refractivity contribution in [2.24, 2.45) is 7.05 Å². The molecule has 2 N–H and O–H groups in total. The number of aryl methyl sites for hydroxylation is 5. The molecule has 3 aromatic heterocycles. The van der Waals surface area contributed by atoms with E-state index in [-0.39, 0.29) is 17.6 Å². The van der Waals surface area contributed by atoms with Crippen LogP contribution in [0.1, 0.15) is 61.9 Å². The molecule has 8 bridgehead atoms. The Morgan fingerprint density at radius 2 is 1.96 bits per heavy atom. The molecule has 48 heavy (non-hydrogen) atoms. The highest BCUT2D eigenvalue weighted by Crippen LogP contribution is 2.45. The van der Waals surface area contributed by atoms with Crippen molar-refractivity contribution in [1.82, 2.24) is 24.6 Å². The van der Waals surface area contributed by atoms with Gasteiger partial charge in [-0.25, -0.2) is 14.2 Å². The zero-order valence-electron chi connectivity index (χ0n) is 26.7. The number of nitrogens with zero attached hydrogens (tertiary/aromatic N) is 4. The van der Waals surface area contributed by atoms with E-state index in [1.807, 2.05) is 38.1 Å². The molecule has 0 fully saturated rings. The van der Waals surface area contributed by atoms with Crippen LogP contribution in [0.4, 0.5) is 4.39 Å². The number of aromatic carboxylic acids is 1. The molecule has 0 amide bonds. The smallest absolute Gasteiger partial charge is 0.352 e. The summed E-state index contributed by atoms with van der Waals surface area (Å²) in [6, 6.07) is 12.6. The minimum Gasteiger partial charge on any atom is -0.493 e. The number of rotatable bonds is 1. The lowest BCUT2D eigenvalue weighted by Crippen LogP contribution is -2.19. The topological polar surface area (TPSA) is 94.2 Å². The number of aromatic nitrogens is 4. The Hall–Kier alpha value is -3.90. The number of thioether (sulfide) groups is 1. The molecule has 0 aliphatic carbocycles. The second-order valence-corrected chi connectivity index (χ2v) is 15.1. The summed E-state index contributed by atoms with van der Waals surface area (Å²) < 4.78 is 24.5. The third-order valence-corrected chi connectivity index (χ3v) is 12.1. The monoisotopic (exact) mass is 701 g/mol. The van der Waals surface area contributed by atoms with Crippen molar-refractivity contribution in [2.75, 3.05) is 6.61 Å². The molecule has 6 aromatic rings. The summed E-state index contributed by atoms with van der Waals surface area (Å²) in [6.07, 6.45) is 1.94. The van der Waals surface area contributed by atoms with Crippen molar-refractivity contribution < 1.29 is 19.0 Å². The first-order valence-electron chi connectivity index (χ1n) is 16.0. The molecule has 2 aliphatic rings. The average molecular weight is 702 g/mol. The number of hydrogen-bond donors (Lipinski definition) is 2. The van der Waals surface area contributed by atoms with Crippen LogP contribution in [-0.2, 0) is 32.3 Å². The highest BCUT2D eigenvalue weighted by atomic mass is 35.5. The molecule has 246 valence electrons. The second kappa shape index (κ2) is 12.2. The molecule has 12 heteroatoms. The Morgan fingerprint density at radius 1 is 1.12 bits per heavy atom. The summed E-state index contributed by atoms with van der Waals surface area (Å²) >= 11 is 10.4. The summed E-state index contributed by atoms with van der Waals surface area (Å²) in [5, 5.41) is 23.1. The number of ether oxygens (including phenoxy) is 1. The van der Waals surface area contributed by atoms with Crippen LogP contribution in [0.25, 0.3) is 32.8 Å². The maximum Gasteiger partial charge on any atom is 0.352 e. The van der Waals surface area contributed by atoms with Gasteiger partial charge in [0.1, 0.15) is 22.3 Å². The number of carboxylic acid groups (broad SMARTS) is 1. The third kappa shape index (κ3) is 5.28. The molecule has 8 nitrogen and oxygen atoms in total. The first-order valence-corrected chi connectivity index (χ1v) is 18.1. The minimum atomic E-state index is -0.992. The van der Waals surface area contributed by atoms with E-state index in [2.05, 4.69) is 10.00 Å². The van der Waals surface area contributed by atoms with Crippen molar-refractivity contribution in [3.63, 3.8) is 0 Å². The largest absolute Gasteiger partial charge is 0.493 e. The van der Waals surface area contributed by atoms with Crippen LogP contribution in [0, 0.1) is 19.7 Å². The molecule has 1 atom stereocenters. The number of carbonyl (C=O) groups is 1. The van der Waals surface area contributed by atoms with Crippen LogP contribution in [-0.4, -0.2) is 37.0 Å². The summed E-state index contributed by atoms with van der Waals surface area (Å²) in [6.45, 7) is 5.78. The summed E-state index contributed by atoms with van der Waals surface area (Å²) in [5.74, 6) is 0.124. The minimum absolute atomic E-state index is 0.0240. The molecule has 0 spiro atoms. The van der Waals surface area contributed by atoms with Gasteiger partial charge in [-0.1, -0.05) is 17.7 Å². The quantitative estimate of drug-likeness (QED) is 0.177. The molecule has 3 aromatic carbocycles. The van der Waals surface area contributed by atoms with Gasteiger partial charge in [-0.15, -0.1) is 23.1 Å². The van der Waals surface area contributed by atoms with Gasteiger partial charge in [0.2, 0.25) is 0 Å². The van der Waals surface area contributed by atoms with Crippen LogP contribution in [0.3, 0.4) is 0 Å². The lowest BCUT2D eigenvalue weighted by Gasteiger charge is -2.16. The van der Waals surface area contributed by atoms with Gasteiger partial charge in [0.25, 0.3) is 0 Å². The number of fused-ring (bicyclic) bond motifs is 7. The van der Waals surface area contributed by atoms with Crippen molar-refractivity contribution in [3.8, 4) is 16.9 Å². The molecule has 1 unspecified atom stereocenters. The molecule has 0 saturated carbocycles. The molecule has 0 radical (unpaired) electrons. The lowest BCUT2D eigenvalue weighted by molar-refractivity contribution is 0.0685. The van der Waals surface area contributed by atoms with Crippen molar-refractivity contribution in [3.05, 3.63) is 91.5 Å². The van der Waals surface area contributed by atoms with E-state index in [0.29, 0.717) is 36.8 Å². The fourth-order valence-electron chi connectivity index (χ4n) is 7.35. The van der Waals surface area contributed by atoms with Gasteiger partial charge < -0.3 is 19.7 Å². The van der Waals surface area contributed by atoms with Crippen LogP contribution in [0.15, 0.2) is 47.4 Å². The molecule has 5 heterocycles. The SMILES string of the molecule is Cc1nc2sc1CSc1cc(c3ccc(F)cc3c1)OCCCc1c(C(=O)O)n(C)c3c(c(Cl)ccc13)-c1c(C)nn3c1C(CC3)NC2. The van der Waals surface area contributed by atoms with E-state index in [4.69, 9.17) is 26.4 Å². The normalized spacial score (nSPS) is 16.6. The Labute approximate surface area is 289 Å². The van der Waals surface area contributed by atoms with E-state index < -0.39 is 5.97 Å². The van der Waals surface area contributed by atoms with Gasteiger partial charge in [0.15, 0.2) is 0 Å². The van der Waals surface area contributed by atoms with E-state index >= 15 is 0 Å². The van der Waals surface area contributed by atoms with Crippen molar-refractivity contribution in [2.45, 2.75) is 62.9 Å². The Bertz CT molecular complexity index is 2280. The first kappa shape index (κ1) is 31.4. The van der Waals surface area contributed by atoms with Gasteiger partial charge in [-0.2, -0.15) is 5.10 Å². The van der Waals surface area contributed by atoms with Crippen LogP contribution in [0.5, 0.6) is 5.75 Å². The van der Waals surface area contributed by atoms with Crippen LogP contribution in [0.2, 0.25) is 5.02 Å². The predicted octanol–water partition coefficient (Wildman–Crippen LogP) is 8.61. The molecule has 2 aliphatic heterocycles. The van der Waals surface area contributed by atoms with Gasteiger partial charge >= 0.3 is 5.97 Å².